The Morgan fingerprint density at radius 3 is 2.05 bits per heavy atom. The number of methoxy groups -OCH3 is 2. The number of nitrogens with zero attached hydrogens (tertiary/aromatic N) is 3. The van der Waals surface area contributed by atoms with Crippen LogP contribution in [0.25, 0.3) is 0 Å². The fourth-order valence-corrected chi connectivity index (χ4v) is 9.34. The molecule has 0 aromatic heterocycles. The van der Waals surface area contributed by atoms with Crippen molar-refractivity contribution >= 4 is 47.4 Å². The zero-order chi connectivity index (χ0) is 55.1. The molecule has 20 nitrogen and oxygen atoms in total. The van der Waals surface area contributed by atoms with Gasteiger partial charge < -0.3 is 55.7 Å². The van der Waals surface area contributed by atoms with E-state index < -0.39 is 90.1 Å². The van der Waals surface area contributed by atoms with Gasteiger partial charge in [0.1, 0.15) is 24.7 Å². The summed E-state index contributed by atoms with van der Waals surface area (Å²) in [5.74, 6) is -4.93. The van der Waals surface area contributed by atoms with Crippen molar-refractivity contribution in [1.29, 1.82) is 0 Å². The number of likely N-dealkylation sites (tertiary alicyclic amines) is 1. The summed E-state index contributed by atoms with van der Waals surface area (Å²) in [7, 11) is 8.40. The summed E-state index contributed by atoms with van der Waals surface area (Å²) in [6.07, 6.45) is 1.80. The van der Waals surface area contributed by atoms with Crippen LogP contribution in [0, 0.1) is 23.7 Å². The average Bonchev–Trinajstić information content (AvgIpc) is 3.83. The number of amides is 6. The number of ether oxygens (including phenoxy) is 4. The molecule has 11 atom stereocenters. The number of carbonyl (C=O) groups excluding carboxylic acids is 8. The van der Waals surface area contributed by atoms with Gasteiger partial charge in [0.05, 0.1) is 61.7 Å². The summed E-state index contributed by atoms with van der Waals surface area (Å²) < 4.78 is 22.2. The Morgan fingerprint density at radius 2 is 1.49 bits per heavy atom. The van der Waals surface area contributed by atoms with Crippen molar-refractivity contribution in [1.82, 2.24) is 36.0 Å². The van der Waals surface area contributed by atoms with E-state index in [1.165, 1.54) is 27.2 Å². The van der Waals surface area contributed by atoms with E-state index in [9.17, 15) is 38.4 Å². The lowest BCUT2D eigenvalue weighted by Crippen LogP contribution is -2.59. The molecule has 20 heteroatoms. The van der Waals surface area contributed by atoms with Crippen molar-refractivity contribution in [2.45, 2.75) is 155 Å². The first-order chi connectivity index (χ1) is 34.4. The van der Waals surface area contributed by atoms with Crippen LogP contribution < -0.4 is 27.0 Å². The van der Waals surface area contributed by atoms with Crippen LogP contribution in [0.3, 0.4) is 0 Å². The Morgan fingerprint density at radius 1 is 0.836 bits per heavy atom. The predicted molar refractivity (Wildman–Crippen MR) is 277 cm³/mol. The summed E-state index contributed by atoms with van der Waals surface area (Å²) in [5, 5.41) is 11.2. The van der Waals surface area contributed by atoms with Crippen molar-refractivity contribution in [3.8, 4) is 0 Å². The van der Waals surface area contributed by atoms with E-state index in [4.69, 9.17) is 24.7 Å². The van der Waals surface area contributed by atoms with Crippen LogP contribution in [0.4, 0.5) is 0 Å². The van der Waals surface area contributed by atoms with Crippen LogP contribution in [0.15, 0.2) is 43.0 Å². The first kappa shape index (κ1) is 63.7. The van der Waals surface area contributed by atoms with Gasteiger partial charge in [0, 0.05) is 40.8 Å². The highest BCUT2D eigenvalue weighted by atomic mass is 16.5. The maximum absolute atomic E-state index is 14.5. The number of hydrogen-bond donors (Lipinski definition) is 5. The Kier molecular flexibility index (Phi) is 27.9. The third-order valence-electron chi connectivity index (χ3n) is 13.5. The molecule has 1 heterocycles. The Labute approximate surface area is 433 Å². The molecule has 4 unspecified atom stereocenters. The summed E-state index contributed by atoms with van der Waals surface area (Å²) in [5.41, 5.74) is 6.58. The summed E-state index contributed by atoms with van der Waals surface area (Å²) in [6, 6.07) is 3.64. The Hall–Kier alpha value is -5.44. The Bertz CT molecular complexity index is 1950. The van der Waals surface area contributed by atoms with Gasteiger partial charge >= 0.3 is 11.9 Å². The van der Waals surface area contributed by atoms with Gasteiger partial charge in [0.15, 0.2) is 0 Å². The monoisotopic (exact) mass is 1030 g/mol. The number of hydrogen-bond acceptors (Lipinski definition) is 14. The molecule has 6 N–H and O–H groups in total. The third-order valence-corrected chi connectivity index (χ3v) is 13.5. The van der Waals surface area contributed by atoms with Gasteiger partial charge in [0.25, 0.3) is 0 Å². The molecule has 2 rings (SSSR count). The summed E-state index contributed by atoms with van der Waals surface area (Å²) >= 11 is 0. The number of nitrogens with two attached hydrogens (primary N) is 1. The molecule has 0 aliphatic carbocycles. The quantitative estimate of drug-likeness (QED) is 0.0395. The van der Waals surface area contributed by atoms with Gasteiger partial charge in [-0.1, -0.05) is 97.9 Å². The zero-order valence-corrected chi connectivity index (χ0v) is 45.8. The minimum Gasteiger partial charge on any atom is -0.464 e. The van der Waals surface area contributed by atoms with Crippen molar-refractivity contribution < 1.29 is 57.3 Å². The molecule has 1 aliphatic heterocycles. The molecule has 1 aliphatic rings. The van der Waals surface area contributed by atoms with E-state index in [-0.39, 0.29) is 80.9 Å². The smallest absolute Gasteiger partial charge is 0.328 e. The lowest BCUT2D eigenvalue weighted by atomic mass is 9.89. The van der Waals surface area contributed by atoms with E-state index in [1.54, 1.807) is 23.8 Å². The van der Waals surface area contributed by atoms with Crippen molar-refractivity contribution in [2.75, 3.05) is 61.7 Å². The third kappa shape index (κ3) is 19.7. The van der Waals surface area contributed by atoms with Gasteiger partial charge in [-0.2, -0.15) is 0 Å². The van der Waals surface area contributed by atoms with Crippen LogP contribution in [0.5, 0.6) is 0 Å². The SMILES string of the molecule is C=CCOC(=O)CC(N)C(=O)NC(C)C(=O)OCCCNC(=O)[C@H](Cc1ccccc1)NC(=O)[C@H](C)[C@@H](OC)[C@@H]1CCCN1C(=O)C[C@@H](OC)[C@H]([C@@H](C)CC)N(C)C(=O)C(NC(=O)C(C(C)C)N(C)C)C(C)C. The number of benzene rings is 1. The van der Waals surface area contributed by atoms with E-state index in [1.807, 2.05) is 90.9 Å². The largest absolute Gasteiger partial charge is 0.464 e. The highest BCUT2D eigenvalue weighted by molar-refractivity contribution is 5.91. The van der Waals surface area contributed by atoms with E-state index in [2.05, 4.69) is 27.8 Å². The lowest BCUT2D eigenvalue weighted by Gasteiger charge is -2.41. The highest BCUT2D eigenvalue weighted by Crippen LogP contribution is 2.30. The maximum atomic E-state index is 14.5. The number of nitrogens with one attached hydrogen (secondary N) is 4. The molecule has 0 spiro atoms. The second-order valence-corrected chi connectivity index (χ2v) is 20.0. The molecule has 1 aromatic rings. The Balaban J connectivity index is 2.17. The van der Waals surface area contributed by atoms with Gasteiger partial charge in [-0.15, -0.1) is 0 Å². The lowest BCUT2D eigenvalue weighted by molar-refractivity contribution is -0.148. The molecule has 6 amide bonds. The number of rotatable bonds is 32. The maximum Gasteiger partial charge on any atom is 0.328 e. The number of carbonyl (C=O) groups is 8. The normalized spacial score (nSPS) is 17.7. The topological polar surface area (TPSA) is 257 Å². The van der Waals surface area contributed by atoms with Crippen LogP contribution >= 0.6 is 0 Å². The van der Waals surface area contributed by atoms with Gasteiger partial charge in [0.2, 0.25) is 35.4 Å². The first-order valence-corrected chi connectivity index (χ1v) is 25.6. The molecule has 73 heavy (non-hydrogen) atoms. The van der Waals surface area contributed by atoms with E-state index >= 15 is 0 Å². The number of likely N-dealkylation sites (N-methyl/N-ethyl adjacent to an activating group) is 2. The second-order valence-electron chi connectivity index (χ2n) is 20.0. The molecular weight excluding hydrogens is 941 g/mol. The van der Waals surface area contributed by atoms with Crippen LogP contribution in [-0.4, -0.2) is 178 Å². The molecule has 0 radical (unpaired) electrons. The van der Waals surface area contributed by atoms with E-state index in [0.717, 1.165) is 5.56 Å². The standard InChI is InChI=1S/C53H88N8O12/c1-15-27-72-43(63)30-38(54)49(65)56-36(9)53(69)73-28-21-25-55-50(66)39(29-37-22-18-17-19-23-37)57-48(64)35(8)47(71-14)40-24-20-26-61(40)42(62)31-41(70-13)46(34(7)16-2)60(12)52(68)44(32(3)4)58-51(67)45(33(5)6)59(10)11/h15,17-19,22-23,32-36,38-41,44-47H,1,16,20-21,24-31,54H2,2-14H3,(H,55,66)(H,56,65)(H,57,64)(H,58,67)/t34-,35+,36?,38?,39-,40-,41+,44?,45?,46-,47+/m0/s1. The second kappa shape index (κ2) is 32.0. The van der Waals surface area contributed by atoms with E-state index in [0.29, 0.717) is 25.8 Å². The molecule has 1 aromatic carbocycles. The minimum absolute atomic E-state index is 0.00747. The molecule has 412 valence electrons. The molecule has 1 fully saturated rings. The van der Waals surface area contributed by atoms with Crippen LogP contribution in [-0.2, 0) is 63.7 Å². The average molecular weight is 1030 g/mol. The first-order valence-electron chi connectivity index (χ1n) is 25.6. The van der Waals surface area contributed by atoms with Crippen molar-refractivity contribution in [3.05, 3.63) is 48.6 Å². The number of esters is 2. The van der Waals surface area contributed by atoms with Gasteiger partial charge in [-0.3, -0.25) is 38.5 Å². The summed E-state index contributed by atoms with van der Waals surface area (Å²) in [4.78, 5) is 112. The molecule has 0 saturated carbocycles. The fraction of sp³-hybridized carbons (Fsp3) is 0.698. The minimum atomic E-state index is -1.24. The van der Waals surface area contributed by atoms with Gasteiger partial charge in [-0.25, -0.2) is 4.79 Å². The van der Waals surface area contributed by atoms with Crippen LogP contribution in [0.1, 0.15) is 99.5 Å². The molecular formula is C53H88N8O12. The fourth-order valence-electron chi connectivity index (χ4n) is 9.34. The van der Waals surface area contributed by atoms with Gasteiger partial charge in [-0.05, 0) is 63.6 Å². The highest BCUT2D eigenvalue weighted by Gasteiger charge is 2.43. The molecule has 1 saturated heterocycles. The predicted octanol–water partition coefficient (Wildman–Crippen LogP) is 2.36. The van der Waals surface area contributed by atoms with Crippen molar-refractivity contribution in [2.24, 2.45) is 29.4 Å². The zero-order valence-electron chi connectivity index (χ0n) is 45.8. The van der Waals surface area contributed by atoms with Crippen LogP contribution in [0.2, 0.25) is 0 Å². The molecule has 0 bridgehead atoms. The summed E-state index contributed by atoms with van der Waals surface area (Å²) in [6.45, 7) is 18.7. The van der Waals surface area contributed by atoms with Crippen molar-refractivity contribution in [3.63, 3.8) is 0 Å².